The maximum absolute atomic E-state index is 8.43. The van der Waals surface area contributed by atoms with Gasteiger partial charge in [-0.2, -0.15) is 0 Å². The molecule has 0 unspecified atom stereocenters. The molecule has 2 aliphatic rings. The van der Waals surface area contributed by atoms with Crippen LogP contribution >= 0.6 is 0 Å². The Bertz CT molecular complexity index is 813. The molecule has 0 atom stereocenters. The summed E-state index contributed by atoms with van der Waals surface area (Å²) in [5, 5.41) is 0. The minimum Gasteiger partial charge on any atom is -0.399 e. The summed E-state index contributed by atoms with van der Waals surface area (Å²) in [6, 6.07) is -0.986. The predicted octanol–water partition coefficient (Wildman–Crippen LogP) is 1.59. The van der Waals surface area contributed by atoms with Gasteiger partial charge >= 0.3 is 7.12 Å². The molecule has 0 saturated carbocycles. The second-order valence-corrected chi connectivity index (χ2v) is 5.48. The first-order chi connectivity index (χ1) is 12.4. The highest BCUT2D eigenvalue weighted by molar-refractivity contribution is 6.62. The normalized spacial score (nSPS) is 39.3. The molecule has 4 nitrogen and oxygen atoms in total. The van der Waals surface area contributed by atoms with Gasteiger partial charge in [-0.3, -0.25) is 0 Å². The minimum absolute atomic E-state index is 0.173. The van der Waals surface area contributed by atoms with Crippen molar-refractivity contribution < 1.29 is 21.6 Å². The van der Waals surface area contributed by atoms with E-state index in [0.717, 1.165) is 0 Å². The number of hydrogen-bond acceptors (Lipinski definition) is 4. The Kier molecular flexibility index (Phi) is 1.36. The third-order valence-corrected chi connectivity index (χ3v) is 3.64. The average Bonchev–Trinajstić information content (AvgIpc) is 2.71. The zero-order valence-electron chi connectivity index (χ0n) is 20.3. The van der Waals surface area contributed by atoms with Crippen LogP contribution in [0, 0.1) is 0 Å². The fourth-order valence-electron chi connectivity index (χ4n) is 1.72. The third kappa shape index (κ3) is 2.15. The summed E-state index contributed by atoms with van der Waals surface area (Å²) in [4.78, 5) is 4.11. The molecule has 0 bridgehead atoms. The van der Waals surface area contributed by atoms with Crippen LogP contribution < -0.4 is 10.4 Å². The fraction of sp³-hybridized carbons (Fsp3) is 0.643. The molecule has 1 aromatic rings. The average molecular weight is 269 g/mol. The van der Waals surface area contributed by atoms with E-state index in [1.54, 1.807) is 27.7 Å². The minimum atomic E-state index is -2.86. The second-order valence-electron chi connectivity index (χ2n) is 5.48. The van der Waals surface area contributed by atoms with Gasteiger partial charge in [0.2, 0.25) is 0 Å². The molecular weight excluding hydrogens is 239 g/mol. The lowest BCUT2D eigenvalue weighted by Gasteiger charge is -2.32. The van der Waals surface area contributed by atoms with Gasteiger partial charge in [-0.05, 0) is 51.6 Å². The molecule has 2 aliphatic heterocycles. The van der Waals surface area contributed by atoms with Gasteiger partial charge in [-0.1, -0.05) is 0 Å². The molecule has 2 saturated heterocycles. The van der Waals surface area contributed by atoms with Crippen molar-refractivity contribution in [3.63, 3.8) is 0 Å². The highest BCUT2D eigenvalue weighted by atomic mass is 16.7. The van der Waals surface area contributed by atoms with Gasteiger partial charge in [0.1, 0.15) is 5.82 Å². The SMILES string of the molecule is [2H]c1nc(N2C([2H])([2H])C([2H])([2H])C2([2H])[2H])c([2H])c(B2OC(C)(C)C(C)(C)O2)c1[2H]. The molecule has 0 radical (unpaired) electrons. The van der Waals surface area contributed by atoms with E-state index in [4.69, 9.17) is 21.6 Å². The Balaban J connectivity index is 2.16. The Labute approximate surface area is 127 Å². The van der Waals surface area contributed by atoms with Crippen LogP contribution in [-0.4, -0.2) is 36.3 Å². The van der Waals surface area contributed by atoms with Crippen molar-refractivity contribution >= 4 is 18.4 Å². The topological polar surface area (TPSA) is 34.6 Å². The first-order valence-corrected chi connectivity index (χ1v) is 6.04. The van der Waals surface area contributed by atoms with Crippen molar-refractivity contribution in [2.45, 2.75) is 45.3 Å². The van der Waals surface area contributed by atoms with Crippen LogP contribution in [0.1, 0.15) is 46.4 Å². The first kappa shape index (κ1) is 6.14. The van der Waals surface area contributed by atoms with Gasteiger partial charge in [0.05, 0.1) is 15.3 Å². The van der Waals surface area contributed by atoms with E-state index < -0.39 is 61.8 Å². The molecule has 5 heteroatoms. The Morgan fingerprint density at radius 1 is 1.32 bits per heavy atom. The van der Waals surface area contributed by atoms with E-state index in [1.807, 2.05) is 0 Å². The zero-order chi connectivity index (χ0) is 21.7. The number of aromatic nitrogens is 1. The standard InChI is InChI=1S/C14H21BN2O2/c1-13(2)14(3,4)19-15(18-13)11-6-7-16-12(10-11)17-8-5-9-17/h6-7,10H,5,8-9H2,1-4H3/i5D2,6D,7D,8D2,9D2,10D. The number of rotatable bonds is 2. The number of nitrogens with zero attached hydrogens (tertiary/aromatic N) is 2. The van der Waals surface area contributed by atoms with Crippen molar-refractivity contribution in [1.82, 2.24) is 4.98 Å². The molecule has 0 aliphatic carbocycles. The van der Waals surface area contributed by atoms with E-state index in [0.29, 0.717) is 4.90 Å². The molecule has 19 heavy (non-hydrogen) atoms. The van der Waals surface area contributed by atoms with Crippen LogP contribution in [0.2, 0.25) is 0 Å². The second kappa shape index (κ2) is 4.22. The fourth-order valence-corrected chi connectivity index (χ4v) is 1.72. The predicted molar refractivity (Wildman–Crippen MR) is 76.8 cm³/mol. The van der Waals surface area contributed by atoms with Crippen LogP contribution in [0.3, 0.4) is 0 Å². The molecule has 3 heterocycles. The van der Waals surface area contributed by atoms with E-state index in [9.17, 15) is 0 Å². The van der Waals surface area contributed by atoms with Crippen LogP contribution in [-0.2, 0) is 9.31 Å². The molecule has 102 valence electrons. The molecule has 0 spiro atoms. The van der Waals surface area contributed by atoms with Gasteiger partial charge in [-0.25, -0.2) is 4.98 Å². The molecule has 0 aromatic carbocycles. The van der Waals surface area contributed by atoms with Crippen molar-refractivity contribution in [2.24, 2.45) is 0 Å². The maximum atomic E-state index is 8.43. The van der Waals surface area contributed by atoms with E-state index in [2.05, 4.69) is 4.98 Å². The Morgan fingerprint density at radius 3 is 2.58 bits per heavy atom. The third-order valence-electron chi connectivity index (χ3n) is 3.64. The van der Waals surface area contributed by atoms with Gasteiger partial charge in [0, 0.05) is 27.4 Å². The lowest BCUT2D eigenvalue weighted by Crippen LogP contribution is -2.41. The molecule has 0 N–H and O–H groups in total. The maximum Gasteiger partial charge on any atom is 0.495 e. The zero-order valence-corrected chi connectivity index (χ0v) is 11.3. The lowest BCUT2D eigenvalue weighted by molar-refractivity contribution is 0.00578. The lowest BCUT2D eigenvalue weighted by atomic mass is 9.79. The van der Waals surface area contributed by atoms with Crippen LogP contribution in [0.5, 0.6) is 0 Å². The summed E-state index contributed by atoms with van der Waals surface area (Å²) >= 11 is 0. The highest BCUT2D eigenvalue weighted by Gasteiger charge is 2.51. The summed E-state index contributed by atoms with van der Waals surface area (Å²) in [7, 11) is -1.20. The van der Waals surface area contributed by atoms with Crippen molar-refractivity contribution in [3.8, 4) is 0 Å². The van der Waals surface area contributed by atoms with Crippen LogP contribution in [0.15, 0.2) is 18.3 Å². The van der Waals surface area contributed by atoms with Crippen LogP contribution in [0.4, 0.5) is 5.82 Å². The van der Waals surface area contributed by atoms with Gasteiger partial charge in [-0.15, -0.1) is 0 Å². The summed E-state index contributed by atoms with van der Waals surface area (Å²) in [6.07, 6.45) is -3.48. The summed E-state index contributed by atoms with van der Waals surface area (Å²) in [5.74, 6) is -0.573. The summed E-state index contributed by atoms with van der Waals surface area (Å²) in [6.45, 7) is 1.47. The first-order valence-electron chi connectivity index (χ1n) is 10.5. The summed E-state index contributed by atoms with van der Waals surface area (Å²) in [5.41, 5.74) is -1.76. The Morgan fingerprint density at radius 2 is 1.95 bits per heavy atom. The quantitative estimate of drug-likeness (QED) is 0.764. The monoisotopic (exact) mass is 269 g/mol. The van der Waals surface area contributed by atoms with Gasteiger partial charge in [0.15, 0.2) is 0 Å². The molecule has 0 amide bonds. The van der Waals surface area contributed by atoms with Crippen molar-refractivity contribution in [3.05, 3.63) is 18.3 Å². The molecule has 2 fully saturated rings. The van der Waals surface area contributed by atoms with E-state index in [1.165, 1.54) is 0 Å². The number of hydrogen-bond donors (Lipinski definition) is 0. The highest BCUT2D eigenvalue weighted by Crippen LogP contribution is 2.36. The molecular formula is C14H21BN2O2. The van der Waals surface area contributed by atoms with Gasteiger partial charge in [0.25, 0.3) is 0 Å². The largest absolute Gasteiger partial charge is 0.495 e. The van der Waals surface area contributed by atoms with Crippen molar-refractivity contribution in [1.29, 1.82) is 0 Å². The number of anilines is 1. The smallest absolute Gasteiger partial charge is 0.399 e. The van der Waals surface area contributed by atoms with Gasteiger partial charge < -0.3 is 14.2 Å². The van der Waals surface area contributed by atoms with Crippen molar-refractivity contribution in [2.75, 3.05) is 17.9 Å². The van der Waals surface area contributed by atoms with E-state index in [-0.39, 0.29) is 5.46 Å². The molecule has 1 aromatic heterocycles. The van der Waals surface area contributed by atoms with E-state index >= 15 is 0 Å². The van der Waals surface area contributed by atoms with Crippen LogP contribution in [0.25, 0.3) is 0 Å². The number of pyridine rings is 1. The molecule has 3 rings (SSSR count). The Hall–Kier alpha value is -1.07. The summed E-state index contributed by atoms with van der Waals surface area (Å²) < 4.78 is 83.3.